The molecule has 1 amide bonds. The molecule has 0 atom stereocenters. The van der Waals surface area contributed by atoms with Gasteiger partial charge in [0, 0.05) is 49.5 Å². The third-order valence-corrected chi connectivity index (χ3v) is 4.82. The van der Waals surface area contributed by atoms with Crippen LogP contribution in [0.5, 0.6) is 0 Å². The Balaban J connectivity index is 1.40. The number of benzene rings is 1. The van der Waals surface area contributed by atoms with E-state index in [1.807, 2.05) is 35.5 Å². The number of rotatable bonds is 4. The van der Waals surface area contributed by atoms with Gasteiger partial charge in [0.05, 0.1) is 6.54 Å². The van der Waals surface area contributed by atoms with Crippen LogP contribution in [0.15, 0.2) is 55.0 Å². The van der Waals surface area contributed by atoms with Gasteiger partial charge in [-0.15, -0.1) is 0 Å². The van der Waals surface area contributed by atoms with E-state index in [2.05, 4.69) is 51.9 Å². The quantitative estimate of drug-likeness (QED) is 0.703. The van der Waals surface area contributed by atoms with Gasteiger partial charge < -0.3 is 4.90 Å². The number of piperazine rings is 1. The molecular formula is C22H23N5O. The summed E-state index contributed by atoms with van der Waals surface area (Å²) in [7, 11) is 0. The molecule has 4 rings (SSSR count). The van der Waals surface area contributed by atoms with Crippen LogP contribution in [0.4, 0.5) is 5.69 Å². The predicted molar refractivity (Wildman–Crippen MR) is 109 cm³/mol. The molecule has 0 spiro atoms. The third-order valence-electron chi connectivity index (χ3n) is 4.82. The van der Waals surface area contributed by atoms with E-state index in [1.54, 1.807) is 6.20 Å². The molecule has 0 N–H and O–H groups in total. The maximum atomic E-state index is 12.7. The molecule has 1 saturated heterocycles. The first-order chi connectivity index (χ1) is 13.6. The summed E-state index contributed by atoms with van der Waals surface area (Å²) in [5.74, 6) is 0.738. The zero-order valence-electron chi connectivity index (χ0n) is 16.2. The Morgan fingerprint density at radius 2 is 1.71 bits per heavy atom. The Bertz CT molecular complexity index is 952. The zero-order chi connectivity index (χ0) is 19.5. The molecule has 0 unspecified atom stereocenters. The van der Waals surface area contributed by atoms with Crippen molar-refractivity contribution in [3.05, 3.63) is 71.7 Å². The number of nitrogens with zero attached hydrogens (tertiary/aromatic N) is 5. The fourth-order valence-corrected chi connectivity index (χ4v) is 3.56. The number of carbonyl (C=O) groups excluding carboxylic acids is 1. The van der Waals surface area contributed by atoms with Crippen LogP contribution in [0.3, 0.4) is 0 Å². The summed E-state index contributed by atoms with van der Waals surface area (Å²) in [6, 6.07) is 11.9. The molecule has 3 aromatic rings. The highest BCUT2D eigenvalue weighted by Crippen LogP contribution is 2.21. The van der Waals surface area contributed by atoms with Crippen molar-refractivity contribution in [2.45, 2.75) is 20.4 Å². The number of pyridine rings is 1. The summed E-state index contributed by atoms with van der Waals surface area (Å²) < 4.78 is 0. The summed E-state index contributed by atoms with van der Waals surface area (Å²) in [6.45, 7) is 6.69. The van der Waals surface area contributed by atoms with Crippen LogP contribution in [0, 0.1) is 13.8 Å². The lowest BCUT2D eigenvalue weighted by Crippen LogP contribution is -2.50. The largest absolute Gasteiger partial charge is 0.310 e. The van der Waals surface area contributed by atoms with Crippen molar-refractivity contribution in [1.29, 1.82) is 0 Å². The first-order valence-corrected chi connectivity index (χ1v) is 9.42. The number of anilines is 1. The summed E-state index contributed by atoms with van der Waals surface area (Å²) in [6.07, 6.45) is 5.36. The van der Waals surface area contributed by atoms with Crippen molar-refractivity contribution in [3.63, 3.8) is 0 Å². The van der Waals surface area contributed by atoms with E-state index in [0.717, 1.165) is 23.5 Å². The number of carbonyl (C=O) groups is 1. The van der Waals surface area contributed by atoms with Gasteiger partial charge in [-0.05, 0) is 49.2 Å². The minimum absolute atomic E-state index is 0.127. The molecule has 1 fully saturated rings. The van der Waals surface area contributed by atoms with Gasteiger partial charge in [-0.1, -0.05) is 12.1 Å². The highest BCUT2D eigenvalue weighted by Gasteiger charge is 2.25. The van der Waals surface area contributed by atoms with Crippen LogP contribution in [0.25, 0.3) is 11.5 Å². The monoisotopic (exact) mass is 373 g/mol. The minimum Gasteiger partial charge on any atom is -0.310 e. The average Bonchev–Trinajstić information content (AvgIpc) is 2.68. The summed E-state index contributed by atoms with van der Waals surface area (Å²) in [5, 5.41) is 0. The fraction of sp³-hybridized carbons (Fsp3) is 0.273. The standard InChI is InChI=1S/C22H23N5O/c1-16-9-17(2)11-19(10-16)27-8-7-26(15-21(27)28)14-18-12-24-22(25-13-18)20-5-3-4-6-23-20/h3-6,9-13H,7-8,14-15H2,1-2H3. The topological polar surface area (TPSA) is 62.2 Å². The van der Waals surface area contributed by atoms with E-state index < -0.39 is 0 Å². The highest BCUT2D eigenvalue weighted by atomic mass is 16.2. The van der Waals surface area contributed by atoms with Crippen molar-refractivity contribution in [3.8, 4) is 11.5 Å². The lowest BCUT2D eigenvalue weighted by atomic mass is 10.1. The van der Waals surface area contributed by atoms with Gasteiger partial charge in [0.25, 0.3) is 0 Å². The number of hydrogen-bond donors (Lipinski definition) is 0. The second-order valence-electron chi connectivity index (χ2n) is 7.23. The molecule has 0 bridgehead atoms. The number of hydrogen-bond acceptors (Lipinski definition) is 5. The van der Waals surface area contributed by atoms with E-state index in [4.69, 9.17) is 0 Å². The minimum atomic E-state index is 0.127. The van der Waals surface area contributed by atoms with Crippen molar-refractivity contribution in [1.82, 2.24) is 19.9 Å². The van der Waals surface area contributed by atoms with Crippen molar-refractivity contribution < 1.29 is 4.79 Å². The van der Waals surface area contributed by atoms with Crippen LogP contribution in [0.1, 0.15) is 16.7 Å². The van der Waals surface area contributed by atoms with Gasteiger partial charge in [0.1, 0.15) is 5.69 Å². The second-order valence-corrected chi connectivity index (χ2v) is 7.23. The van der Waals surface area contributed by atoms with Crippen molar-refractivity contribution >= 4 is 11.6 Å². The van der Waals surface area contributed by atoms with Crippen LogP contribution in [-0.2, 0) is 11.3 Å². The van der Waals surface area contributed by atoms with Gasteiger partial charge in [-0.25, -0.2) is 9.97 Å². The second kappa shape index (κ2) is 7.86. The normalized spacial score (nSPS) is 15.1. The Kier molecular flexibility index (Phi) is 5.12. The van der Waals surface area contributed by atoms with Gasteiger partial charge in [-0.2, -0.15) is 0 Å². The third kappa shape index (κ3) is 4.07. The highest BCUT2D eigenvalue weighted by molar-refractivity contribution is 5.95. The van der Waals surface area contributed by atoms with Gasteiger partial charge in [0.2, 0.25) is 5.91 Å². The molecule has 6 heteroatoms. The Morgan fingerprint density at radius 1 is 0.964 bits per heavy atom. The molecule has 3 heterocycles. The first kappa shape index (κ1) is 18.3. The van der Waals surface area contributed by atoms with E-state index in [1.165, 1.54) is 11.1 Å². The van der Waals surface area contributed by atoms with Crippen LogP contribution < -0.4 is 4.90 Å². The molecule has 0 saturated carbocycles. The molecule has 1 aliphatic rings. The van der Waals surface area contributed by atoms with Gasteiger partial charge in [0.15, 0.2) is 5.82 Å². The lowest BCUT2D eigenvalue weighted by molar-refractivity contribution is -0.121. The number of aryl methyl sites for hydroxylation is 2. The fourth-order valence-electron chi connectivity index (χ4n) is 3.56. The molecule has 0 aliphatic carbocycles. The number of amides is 1. The van der Waals surface area contributed by atoms with Gasteiger partial charge >= 0.3 is 0 Å². The predicted octanol–water partition coefficient (Wildman–Crippen LogP) is 3.00. The van der Waals surface area contributed by atoms with Crippen molar-refractivity contribution in [2.75, 3.05) is 24.5 Å². The zero-order valence-corrected chi connectivity index (χ0v) is 16.2. The molecule has 0 radical (unpaired) electrons. The smallest absolute Gasteiger partial charge is 0.241 e. The molecule has 2 aromatic heterocycles. The summed E-state index contributed by atoms with van der Waals surface area (Å²) >= 11 is 0. The maximum Gasteiger partial charge on any atom is 0.241 e. The summed E-state index contributed by atoms with van der Waals surface area (Å²) in [5.41, 5.74) is 5.09. The van der Waals surface area contributed by atoms with Crippen molar-refractivity contribution in [2.24, 2.45) is 0 Å². The summed E-state index contributed by atoms with van der Waals surface area (Å²) in [4.78, 5) is 29.8. The van der Waals surface area contributed by atoms with E-state index in [0.29, 0.717) is 25.5 Å². The Labute approximate surface area is 164 Å². The molecule has 1 aromatic carbocycles. The van der Waals surface area contributed by atoms with E-state index in [-0.39, 0.29) is 5.91 Å². The van der Waals surface area contributed by atoms with E-state index >= 15 is 0 Å². The molecule has 28 heavy (non-hydrogen) atoms. The Hall–Kier alpha value is -3.12. The molecule has 142 valence electrons. The maximum absolute atomic E-state index is 12.7. The van der Waals surface area contributed by atoms with Crippen LogP contribution in [0.2, 0.25) is 0 Å². The molecule has 1 aliphatic heterocycles. The first-order valence-electron chi connectivity index (χ1n) is 9.42. The SMILES string of the molecule is Cc1cc(C)cc(N2CCN(Cc3cnc(-c4ccccn4)nc3)CC2=O)c1. The van der Waals surface area contributed by atoms with Crippen LogP contribution >= 0.6 is 0 Å². The Morgan fingerprint density at radius 3 is 2.36 bits per heavy atom. The van der Waals surface area contributed by atoms with Crippen LogP contribution in [-0.4, -0.2) is 45.4 Å². The molecule has 6 nitrogen and oxygen atoms in total. The van der Waals surface area contributed by atoms with E-state index in [9.17, 15) is 4.79 Å². The van der Waals surface area contributed by atoms with Gasteiger partial charge in [-0.3, -0.25) is 14.7 Å². The molecular weight excluding hydrogens is 350 g/mol. The number of aromatic nitrogens is 3. The lowest BCUT2D eigenvalue weighted by Gasteiger charge is -2.34. The average molecular weight is 373 g/mol.